The van der Waals surface area contributed by atoms with Crippen molar-refractivity contribution in [2.75, 3.05) is 14.1 Å². The summed E-state index contributed by atoms with van der Waals surface area (Å²) < 4.78 is 54.2. The van der Waals surface area contributed by atoms with Gasteiger partial charge in [-0.25, -0.2) is 13.6 Å². The lowest BCUT2D eigenvalue weighted by atomic mass is 10.2. The summed E-state index contributed by atoms with van der Waals surface area (Å²) in [5, 5.41) is 4.27. The molecule has 0 radical (unpaired) electrons. The molecule has 12 heteroatoms. The van der Waals surface area contributed by atoms with Gasteiger partial charge < -0.3 is 0 Å². The second-order valence-corrected chi connectivity index (χ2v) is 9.32. The maximum absolute atomic E-state index is 13.6. The fourth-order valence-electron chi connectivity index (χ4n) is 2.21. The van der Waals surface area contributed by atoms with Gasteiger partial charge in [0.25, 0.3) is 5.16 Å². The molecule has 1 atom stereocenters. The Bertz CT molecular complexity index is 1110. The summed E-state index contributed by atoms with van der Waals surface area (Å²) >= 11 is 3.40. The molecule has 0 aliphatic rings. The van der Waals surface area contributed by atoms with E-state index >= 15 is 0 Å². The molecule has 1 aromatic carbocycles. The average molecular weight is 450 g/mol. The normalized spacial score (nSPS) is 13.7. The van der Waals surface area contributed by atoms with E-state index in [4.69, 9.17) is 0 Å². The predicted molar refractivity (Wildman–Crippen MR) is 94.2 cm³/mol. The van der Waals surface area contributed by atoms with Crippen molar-refractivity contribution >= 4 is 48.0 Å². The summed E-state index contributed by atoms with van der Waals surface area (Å²) in [6, 6.07) is 4.12. The Balaban J connectivity index is 2.15. The van der Waals surface area contributed by atoms with Crippen molar-refractivity contribution in [3.8, 4) is 0 Å². The summed E-state index contributed by atoms with van der Waals surface area (Å²) in [4.78, 5) is 3.84. The fraction of sp³-hybridized carbons (Fsp3) is 0.231. The lowest BCUT2D eigenvalue weighted by molar-refractivity contribution is 0.502. The molecule has 25 heavy (non-hydrogen) atoms. The smallest absolute Gasteiger partial charge is 0.256 e. The molecule has 0 aliphatic carbocycles. The SMILES string of the molecule is Cc1c(Br)c2ccc(F)cc2n1S(=O)c1ncn(S(=O)(=O)N(C)C)n1. The largest absolute Gasteiger partial charge is 0.323 e. The Morgan fingerprint density at radius 1 is 1.32 bits per heavy atom. The average Bonchev–Trinajstić information content (AvgIpc) is 3.12. The first-order chi connectivity index (χ1) is 11.6. The van der Waals surface area contributed by atoms with E-state index in [-0.39, 0.29) is 5.16 Å². The van der Waals surface area contributed by atoms with E-state index in [0.29, 0.717) is 25.2 Å². The van der Waals surface area contributed by atoms with Crippen LogP contribution in [-0.4, -0.2) is 49.2 Å². The van der Waals surface area contributed by atoms with Crippen LogP contribution in [0.5, 0.6) is 0 Å². The Hall–Kier alpha value is -1.63. The molecule has 2 aromatic heterocycles. The molecule has 1 unspecified atom stereocenters. The van der Waals surface area contributed by atoms with Gasteiger partial charge in [-0.3, -0.25) is 3.97 Å². The van der Waals surface area contributed by atoms with Crippen LogP contribution in [-0.2, 0) is 21.2 Å². The van der Waals surface area contributed by atoms with Crippen molar-refractivity contribution in [1.82, 2.24) is 22.4 Å². The number of fused-ring (bicyclic) bond motifs is 1. The Morgan fingerprint density at radius 3 is 2.64 bits per heavy atom. The zero-order valence-electron chi connectivity index (χ0n) is 13.3. The van der Waals surface area contributed by atoms with Crippen molar-refractivity contribution in [1.29, 1.82) is 0 Å². The number of aromatic nitrogens is 4. The van der Waals surface area contributed by atoms with E-state index in [1.807, 2.05) is 0 Å². The quantitative estimate of drug-likeness (QED) is 0.604. The lowest BCUT2D eigenvalue weighted by Crippen LogP contribution is -2.29. The number of rotatable bonds is 4. The zero-order chi connectivity index (χ0) is 18.5. The maximum atomic E-state index is 13.6. The van der Waals surface area contributed by atoms with Crippen molar-refractivity contribution in [2.45, 2.75) is 12.1 Å². The molecule has 0 fully saturated rings. The zero-order valence-corrected chi connectivity index (χ0v) is 16.6. The number of nitrogens with zero attached hydrogens (tertiary/aromatic N) is 5. The molecule has 134 valence electrons. The molecule has 3 rings (SSSR count). The third kappa shape index (κ3) is 2.92. The second-order valence-electron chi connectivity index (χ2n) is 5.29. The van der Waals surface area contributed by atoms with E-state index in [2.05, 4.69) is 26.0 Å². The highest BCUT2D eigenvalue weighted by Crippen LogP contribution is 2.32. The number of hydrogen-bond acceptors (Lipinski definition) is 5. The number of halogens is 2. The standard InChI is InChI=1S/C13H13BrFN5O3S2/c1-8-12(14)10-5-4-9(15)6-11(10)20(8)24(21)13-16-7-19(17-13)25(22,23)18(2)3/h4-7H,1-3H3. The molecule has 3 aromatic rings. The molecular weight excluding hydrogens is 437 g/mol. The highest BCUT2D eigenvalue weighted by Gasteiger charge is 2.24. The van der Waals surface area contributed by atoms with Gasteiger partial charge in [0.05, 0.1) is 5.52 Å². The molecule has 0 saturated heterocycles. The third-order valence-electron chi connectivity index (χ3n) is 3.51. The van der Waals surface area contributed by atoms with Crippen LogP contribution in [0.25, 0.3) is 10.9 Å². The number of hydrogen-bond donors (Lipinski definition) is 0. The van der Waals surface area contributed by atoms with Crippen LogP contribution < -0.4 is 0 Å². The van der Waals surface area contributed by atoms with Gasteiger partial charge >= 0.3 is 10.2 Å². The van der Waals surface area contributed by atoms with Crippen LogP contribution in [0, 0.1) is 12.7 Å². The van der Waals surface area contributed by atoms with Crippen LogP contribution in [0.15, 0.2) is 34.2 Å². The first kappa shape index (κ1) is 18.2. The fourth-order valence-corrected chi connectivity index (χ4v) is 4.70. The minimum absolute atomic E-state index is 0.206. The van der Waals surface area contributed by atoms with Gasteiger partial charge in [-0.05, 0) is 41.1 Å². The predicted octanol–water partition coefficient (Wildman–Crippen LogP) is 1.67. The topological polar surface area (TPSA) is 90.1 Å². The number of benzene rings is 1. The van der Waals surface area contributed by atoms with E-state index in [1.165, 1.54) is 30.2 Å². The van der Waals surface area contributed by atoms with Crippen LogP contribution in [0.1, 0.15) is 5.69 Å². The van der Waals surface area contributed by atoms with Crippen LogP contribution >= 0.6 is 15.9 Å². The van der Waals surface area contributed by atoms with Gasteiger partial charge in [0.1, 0.15) is 12.1 Å². The van der Waals surface area contributed by atoms with Crippen molar-refractivity contribution < 1.29 is 17.0 Å². The van der Waals surface area contributed by atoms with Gasteiger partial charge in [0, 0.05) is 29.6 Å². The summed E-state index contributed by atoms with van der Waals surface area (Å²) in [5.74, 6) is -0.482. The van der Waals surface area contributed by atoms with Crippen molar-refractivity contribution in [3.05, 3.63) is 40.5 Å². The van der Waals surface area contributed by atoms with E-state index in [9.17, 15) is 17.0 Å². The molecule has 0 bridgehead atoms. The van der Waals surface area contributed by atoms with Gasteiger partial charge in [0.2, 0.25) is 0 Å². The highest BCUT2D eigenvalue weighted by atomic mass is 79.9. The second kappa shape index (κ2) is 6.27. The van der Waals surface area contributed by atoms with E-state index in [1.54, 1.807) is 13.0 Å². The molecule has 0 spiro atoms. The van der Waals surface area contributed by atoms with Crippen molar-refractivity contribution in [3.63, 3.8) is 0 Å². The first-order valence-electron chi connectivity index (χ1n) is 6.87. The molecule has 0 aliphatic heterocycles. The Labute approximate surface area is 154 Å². The van der Waals surface area contributed by atoms with Gasteiger partial charge in [0.15, 0.2) is 11.0 Å². The van der Waals surface area contributed by atoms with Crippen LogP contribution in [0.4, 0.5) is 4.39 Å². The molecule has 2 heterocycles. The minimum atomic E-state index is -3.86. The van der Waals surface area contributed by atoms with E-state index < -0.39 is 27.0 Å². The summed E-state index contributed by atoms with van der Waals surface area (Å²) in [5.41, 5.74) is 0.959. The minimum Gasteiger partial charge on any atom is -0.256 e. The van der Waals surface area contributed by atoms with Crippen LogP contribution in [0.3, 0.4) is 0 Å². The van der Waals surface area contributed by atoms with Crippen molar-refractivity contribution in [2.24, 2.45) is 0 Å². The highest BCUT2D eigenvalue weighted by molar-refractivity contribution is 9.10. The molecule has 0 N–H and O–H groups in total. The molecule has 8 nitrogen and oxygen atoms in total. The molecule has 0 amide bonds. The van der Waals surface area contributed by atoms with E-state index in [0.717, 1.165) is 10.6 Å². The first-order valence-corrected chi connectivity index (χ1v) is 10.2. The Morgan fingerprint density at radius 2 is 2.00 bits per heavy atom. The third-order valence-corrected chi connectivity index (χ3v) is 7.38. The monoisotopic (exact) mass is 449 g/mol. The molecular formula is C13H13BrFN5O3S2. The Kier molecular flexibility index (Phi) is 4.56. The lowest BCUT2D eigenvalue weighted by Gasteiger charge is -2.09. The summed E-state index contributed by atoms with van der Waals surface area (Å²) in [7, 11) is -3.13. The summed E-state index contributed by atoms with van der Waals surface area (Å²) in [6.07, 6.45) is 0.971. The van der Waals surface area contributed by atoms with Gasteiger partial charge in [-0.1, -0.05) is 0 Å². The molecule has 0 saturated carbocycles. The van der Waals surface area contributed by atoms with Crippen LogP contribution in [0.2, 0.25) is 0 Å². The maximum Gasteiger partial charge on any atom is 0.323 e. The van der Waals surface area contributed by atoms with Gasteiger partial charge in [-0.2, -0.15) is 12.7 Å². The summed E-state index contributed by atoms with van der Waals surface area (Å²) in [6.45, 7) is 1.70. The van der Waals surface area contributed by atoms with Gasteiger partial charge in [-0.15, -0.1) is 9.19 Å².